The summed E-state index contributed by atoms with van der Waals surface area (Å²) in [4.78, 5) is 10.9. The average Bonchev–Trinajstić information content (AvgIpc) is 2.08. The molecule has 0 saturated carbocycles. The van der Waals surface area contributed by atoms with Crippen molar-refractivity contribution in [1.29, 1.82) is 0 Å². The molecule has 2 unspecified atom stereocenters. The first-order chi connectivity index (χ1) is 5.65. The number of methoxy groups -OCH3 is 1. The quantitative estimate of drug-likeness (QED) is 0.484. The molecule has 1 heterocycles. The molecule has 3 atom stereocenters. The summed E-state index contributed by atoms with van der Waals surface area (Å²) in [6.45, 7) is -0.0269. The Kier molecular flexibility index (Phi) is 3.02. The number of aliphatic hydroxyl groups is 2. The molecule has 0 aromatic rings. The fraction of sp³-hybridized carbons (Fsp3) is 0.857. The molecule has 5 heteroatoms. The van der Waals surface area contributed by atoms with Crippen LogP contribution in [0.3, 0.4) is 0 Å². The predicted octanol–water partition coefficient (Wildman–Crippen LogP) is -1.33. The van der Waals surface area contributed by atoms with Crippen LogP contribution in [0.15, 0.2) is 0 Å². The Labute approximate surface area is 69.9 Å². The topological polar surface area (TPSA) is 76.0 Å². The number of carbonyl (C=O) groups is 1. The fourth-order valence-corrected chi connectivity index (χ4v) is 1.07. The highest BCUT2D eigenvalue weighted by Gasteiger charge is 2.32. The summed E-state index contributed by atoms with van der Waals surface area (Å²) in [5, 5.41) is 18.2. The Bertz CT molecular complexity index is 169. The van der Waals surface area contributed by atoms with Crippen LogP contribution in [0.25, 0.3) is 0 Å². The van der Waals surface area contributed by atoms with Crippen molar-refractivity contribution in [2.24, 2.45) is 0 Å². The predicted molar refractivity (Wildman–Crippen MR) is 38.4 cm³/mol. The van der Waals surface area contributed by atoms with E-state index < -0.39 is 24.3 Å². The average molecular weight is 176 g/mol. The second kappa shape index (κ2) is 3.84. The van der Waals surface area contributed by atoms with E-state index in [1.54, 1.807) is 0 Å². The highest BCUT2D eigenvalue weighted by Crippen LogP contribution is 2.15. The van der Waals surface area contributed by atoms with Gasteiger partial charge in [-0.1, -0.05) is 0 Å². The third kappa shape index (κ3) is 1.94. The maximum absolute atomic E-state index is 10.9. The van der Waals surface area contributed by atoms with Gasteiger partial charge in [-0.3, -0.25) is 0 Å². The summed E-state index contributed by atoms with van der Waals surface area (Å²) in [7, 11) is 1.25. The van der Waals surface area contributed by atoms with Gasteiger partial charge < -0.3 is 19.7 Å². The molecular formula is C7H12O5. The van der Waals surface area contributed by atoms with Crippen molar-refractivity contribution in [3.05, 3.63) is 0 Å². The molecule has 0 bridgehead atoms. The standard InChI is InChI=1S/C7H12O5/c1-11-7(10)6-2-4(8)5(9)3-12-6/h4-6,8-9H,2-3H2,1H3/t4-,5?,6?/m1/s1. The molecule has 0 aromatic carbocycles. The van der Waals surface area contributed by atoms with Gasteiger partial charge in [-0.15, -0.1) is 0 Å². The van der Waals surface area contributed by atoms with Crippen molar-refractivity contribution in [3.8, 4) is 0 Å². The van der Waals surface area contributed by atoms with E-state index in [4.69, 9.17) is 14.9 Å². The van der Waals surface area contributed by atoms with Gasteiger partial charge in [-0.05, 0) is 0 Å². The van der Waals surface area contributed by atoms with Crippen LogP contribution in [0.2, 0.25) is 0 Å². The fourth-order valence-electron chi connectivity index (χ4n) is 1.07. The van der Waals surface area contributed by atoms with E-state index in [0.29, 0.717) is 0 Å². The first-order valence-corrected chi connectivity index (χ1v) is 3.70. The molecule has 2 N–H and O–H groups in total. The maximum atomic E-state index is 10.9. The second-order valence-corrected chi connectivity index (χ2v) is 2.72. The van der Waals surface area contributed by atoms with E-state index in [-0.39, 0.29) is 13.0 Å². The molecule has 1 aliphatic heterocycles. The van der Waals surface area contributed by atoms with Gasteiger partial charge in [0.05, 0.1) is 19.8 Å². The highest BCUT2D eigenvalue weighted by atomic mass is 16.6. The van der Waals surface area contributed by atoms with Crippen LogP contribution in [-0.2, 0) is 14.3 Å². The van der Waals surface area contributed by atoms with Gasteiger partial charge in [0.1, 0.15) is 6.10 Å². The van der Waals surface area contributed by atoms with Crippen LogP contribution in [0, 0.1) is 0 Å². The number of aliphatic hydroxyl groups excluding tert-OH is 2. The van der Waals surface area contributed by atoms with Gasteiger partial charge in [0.25, 0.3) is 0 Å². The minimum atomic E-state index is -0.900. The number of rotatable bonds is 1. The molecule has 1 rings (SSSR count). The summed E-state index contributed by atoms with van der Waals surface area (Å²) >= 11 is 0. The Hall–Kier alpha value is -0.650. The number of hydrogen-bond donors (Lipinski definition) is 2. The van der Waals surface area contributed by atoms with Gasteiger partial charge in [0.15, 0.2) is 6.10 Å². The molecule has 1 saturated heterocycles. The summed E-state index contributed by atoms with van der Waals surface area (Å²) in [5.41, 5.74) is 0. The molecule has 1 fully saturated rings. The lowest BCUT2D eigenvalue weighted by molar-refractivity contribution is -0.171. The summed E-state index contributed by atoms with van der Waals surface area (Å²) in [6.07, 6.45) is -2.45. The Morgan fingerprint density at radius 3 is 2.67 bits per heavy atom. The summed E-state index contributed by atoms with van der Waals surface area (Å²) in [5.74, 6) is -0.513. The van der Waals surface area contributed by atoms with Gasteiger partial charge in [0.2, 0.25) is 0 Å². The smallest absolute Gasteiger partial charge is 0.335 e. The van der Waals surface area contributed by atoms with Crippen LogP contribution < -0.4 is 0 Å². The zero-order valence-corrected chi connectivity index (χ0v) is 6.77. The van der Waals surface area contributed by atoms with E-state index in [9.17, 15) is 4.79 Å². The molecule has 70 valence electrons. The molecule has 0 spiro atoms. The van der Waals surface area contributed by atoms with Gasteiger partial charge in [0, 0.05) is 6.42 Å². The van der Waals surface area contributed by atoms with E-state index in [1.165, 1.54) is 7.11 Å². The lowest BCUT2D eigenvalue weighted by atomic mass is 10.0. The zero-order valence-electron chi connectivity index (χ0n) is 6.77. The minimum Gasteiger partial charge on any atom is -0.467 e. The SMILES string of the molecule is COC(=O)C1C[C@@H](O)C(O)CO1. The van der Waals surface area contributed by atoms with Crippen molar-refractivity contribution >= 4 is 5.97 Å². The Morgan fingerprint density at radius 2 is 2.17 bits per heavy atom. The van der Waals surface area contributed by atoms with E-state index in [1.807, 2.05) is 0 Å². The lowest BCUT2D eigenvalue weighted by Crippen LogP contribution is -2.44. The number of hydrogen-bond acceptors (Lipinski definition) is 5. The second-order valence-electron chi connectivity index (χ2n) is 2.72. The minimum absolute atomic E-state index is 0.0269. The van der Waals surface area contributed by atoms with Crippen molar-refractivity contribution in [2.45, 2.75) is 24.7 Å². The summed E-state index contributed by atoms with van der Waals surface area (Å²) in [6, 6.07) is 0. The highest BCUT2D eigenvalue weighted by molar-refractivity contribution is 5.74. The van der Waals surface area contributed by atoms with Gasteiger partial charge >= 0.3 is 5.97 Å². The van der Waals surface area contributed by atoms with Crippen molar-refractivity contribution in [3.63, 3.8) is 0 Å². The van der Waals surface area contributed by atoms with Gasteiger partial charge in [-0.25, -0.2) is 4.79 Å². The Balaban J connectivity index is 2.45. The largest absolute Gasteiger partial charge is 0.467 e. The van der Waals surface area contributed by atoms with Crippen LogP contribution in [-0.4, -0.2) is 48.2 Å². The Morgan fingerprint density at radius 1 is 1.50 bits per heavy atom. The van der Waals surface area contributed by atoms with E-state index in [0.717, 1.165) is 0 Å². The lowest BCUT2D eigenvalue weighted by Gasteiger charge is -2.28. The molecule has 1 aliphatic rings. The van der Waals surface area contributed by atoms with Crippen LogP contribution in [0.5, 0.6) is 0 Å². The monoisotopic (exact) mass is 176 g/mol. The van der Waals surface area contributed by atoms with Gasteiger partial charge in [-0.2, -0.15) is 0 Å². The van der Waals surface area contributed by atoms with E-state index in [2.05, 4.69) is 4.74 Å². The number of esters is 1. The number of carbonyl (C=O) groups excluding carboxylic acids is 1. The normalized spacial score (nSPS) is 36.1. The molecule has 0 aliphatic carbocycles. The maximum Gasteiger partial charge on any atom is 0.335 e. The zero-order chi connectivity index (χ0) is 9.14. The van der Waals surface area contributed by atoms with Crippen LogP contribution >= 0.6 is 0 Å². The molecule has 0 aromatic heterocycles. The third-order valence-corrected chi connectivity index (χ3v) is 1.83. The molecule has 0 radical (unpaired) electrons. The third-order valence-electron chi connectivity index (χ3n) is 1.83. The first-order valence-electron chi connectivity index (χ1n) is 3.70. The molecular weight excluding hydrogens is 164 g/mol. The molecule has 0 amide bonds. The number of ether oxygens (including phenoxy) is 2. The van der Waals surface area contributed by atoms with E-state index >= 15 is 0 Å². The van der Waals surface area contributed by atoms with Crippen LogP contribution in [0.4, 0.5) is 0 Å². The first kappa shape index (κ1) is 9.44. The van der Waals surface area contributed by atoms with Crippen molar-refractivity contribution in [1.82, 2.24) is 0 Å². The molecule has 12 heavy (non-hydrogen) atoms. The summed E-state index contributed by atoms with van der Waals surface area (Å²) < 4.78 is 9.35. The molecule has 5 nitrogen and oxygen atoms in total. The van der Waals surface area contributed by atoms with Crippen LogP contribution in [0.1, 0.15) is 6.42 Å². The van der Waals surface area contributed by atoms with Crippen molar-refractivity contribution in [2.75, 3.05) is 13.7 Å². The van der Waals surface area contributed by atoms with Crippen molar-refractivity contribution < 1.29 is 24.5 Å².